The summed E-state index contributed by atoms with van der Waals surface area (Å²) in [5.41, 5.74) is 8.37. The molecule has 1 aromatic heterocycles. The van der Waals surface area contributed by atoms with Crippen molar-refractivity contribution in [3.8, 4) is 0 Å². The number of nitrogens with zero attached hydrogens (tertiary/aromatic N) is 2. The van der Waals surface area contributed by atoms with Crippen molar-refractivity contribution in [1.29, 1.82) is 0 Å². The Hall–Kier alpha value is -1.34. The number of carbonyl (C=O) groups excluding carboxylic acids is 1. The molecule has 24 heavy (non-hydrogen) atoms. The van der Waals surface area contributed by atoms with Crippen molar-refractivity contribution in [2.75, 3.05) is 24.5 Å². The predicted octanol–water partition coefficient (Wildman–Crippen LogP) is 3.01. The molecule has 0 unspecified atom stereocenters. The zero-order valence-electron chi connectivity index (χ0n) is 13.8. The minimum Gasteiger partial charge on any atom is -0.370 e. The molecule has 3 N–H and O–H groups in total. The van der Waals surface area contributed by atoms with Crippen LogP contribution in [0.3, 0.4) is 0 Å². The summed E-state index contributed by atoms with van der Waals surface area (Å²) in [5.74, 6) is -0.142. The molecular formula is C16H24Cl2N4OS. The van der Waals surface area contributed by atoms with Crippen molar-refractivity contribution in [2.45, 2.75) is 20.4 Å². The summed E-state index contributed by atoms with van der Waals surface area (Å²) in [5, 5.41) is 5.43. The van der Waals surface area contributed by atoms with Crippen molar-refractivity contribution < 1.29 is 4.79 Å². The lowest BCUT2D eigenvalue weighted by atomic mass is 10.2. The number of aryl methyl sites for hydroxylation is 1. The van der Waals surface area contributed by atoms with Gasteiger partial charge in [-0.15, -0.1) is 36.2 Å². The number of rotatable bonds is 7. The quantitative estimate of drug-likeness (QED) is 0.761. The van der Waals surface area contributed by atoms with Gasteiger partial charge in [0, 0.05) is 37.2 Å². The number of anilines is 1. The van der Waals surface area contributed by atoms with Crippen molar-refractivity contribution in [3.05, 3.63) is 45.9 Å². The van der Waals surface area contributed by atoms with Gasteiger partial charge in [0.15, 0.2) is 0 Å². The second kappa shape index (κ2) is 11.3. The minimum absolute atomic E-state index is 0. The number of benzene rings is 1. The van der Waals surface area contributed by atoms with Gasteiger partial charge >= 0.3 is 0 Å². The molecule has 0 aliphatic heterocycles. The fourth-order valence-electron chi connectivity index (χ4n) is 2.20. The molecule has 5 nitrogen and oxygen atoms in total. The van der Waals surface area contributed by atoms with Gasteiger partial charge in [-0.1, -0.05) is 12.1 Å². The number of hydrogen-bond acceptors (Lipinski definition) is 5. The van der Waals surface area contributed by atoms with E-state index in [9.17, 15) is 4.79 Å². The third kappa shape index (κ3) is 6.28. The topological polar surface area (TPSA) is 71.2 Å². The summed E-state index contributed by atoms with van der Waals surface area (Å²) < 4.78 is 0. The van der Waals surface area contributed by atoms with Gasteiger partial charge in [0.2, 0.25) is 0 Å². The van der Waals surface area contributed by atoms with Crippen LogP contribution in [0, 0.1) is 6.92 Å². The maximum absolute atomic E-state index is 12.0. The lowest BCUT2D eigenvalue weighted by molar-refractivity contribution is 0.0950. The Morgan fingerprint density at radius 1 is 1.38 bits per heavy atom. The van der Waals surface area contributed by atoms with Gasteiger partial charge in [0.1, 0.15) is 10.7 Å². The van der Waals surface area contributed by atoms with Crippen LogP contribution in [0.25, 0.3) is 0 Å². The van der Waals surface area contributed by atoms with Gasteiger partial charge in [-0.3, -0.25) is 4.79 Å². The summed E-state index contributed by atoms with van der Waals surface area (Å²) in [6, 6.07) is 8.37. The Kier molecular flexibility index (Phi) is 10.6. The number of thiazole rings is 1. The van der Waals surface area contributed by atoms with E-state index in [1.165, 1.54) is 22.6 Å². The number of likely N-dealkylation sites (N-methyl/N-ethyl adjacent to an activating group) is 1. The SMILES string of the molecule is CCN(CCNC(=O)c1csc(CN)n1)c1cccc(C)c1.Cl.Cl. The minimum atomic E-state index is -0.142. The van der Waals surface area contributed by atoms with Crippen LogP contribution < -0.4 is 16.0 Å². The largest absolute Gasteiger partial charge is 0.370 e. The molecule has 1 heterocycles. The highest BCUT2D eigenvalue weighted by atomic mass is 35.5. The lowest BCUT2D eigenvalue weighted by Gasteiger charge is -2.23. The van der Waals surface area contributed by atoms with Crippen LogP contribution in [0.2, 0.25) is 0 Å². The monoisotopic (exact) mass is 390 g/mol. The molecule has 0 saturated carbocycles. The number of halogens is 2. The summed E-state index contributed by atoms with van der Waals surface area (Å²) >= 11 is 1.41. The molecule has 0 bridgehead atoms. The fraction of sp³-hybridized carbons (Fsp3) is 0.375. The third-order valence-corrected chi connectivity index (χ3v) is 4.25. The first-order valence-electron chi connectivity index (χ1n) is 7.38. The smallest absolute Gasteiger partial charge is 0.270 e. The van der Waals surface area contributed by atoms with Crippen LogP contribution in [0.1, 0.15) is 28.0 Å². The van der Waals surface area contributed by atoms with Gasteiger partial charge in [0.05, 0.1) is 0 Å². The van der Waals surface area contributed by atoms with Crippen LogP contribution in [0.15, 0.2) is 29.6 Å². The molecule has 0 aliphatic rings. The molecular weight excluding hydrogens is 367 g/mol. The van der Waals surface area contributed by atoms with Crippen molar-refractivity contribution in [2.24, 2.45) is 5.73 Å². The van der Waals surface area contributed by atoms with E-state index < -0.39 is 0 Å². The van der Waals surface area contributed by atoms with E-state index in [0.29, 0.717) is 18.8 Å². The maximum atomic E-state index is 12.0. The van der Waals surface area contributed by atoms with Gasteiger partial charge in [-0.2, -0.15) is 0 Å². The molecule has 134 valence electrons. The number of nitrogens with two attached hydrogens (primary N) is 1. The summed E-state index contributed by atoms with van der Waals surface area (Å²) in [7, 11) is 0. The van der Waals surface area contributed by atoms with Gasteiger partial charge < -0.3 is 16.0 Å². The molecule has 0 radical (unpaired) electrons. The Morgan fingerprint density at radius 3 is 2.71 bits per heavy atom. The van der Waals surface area contributed by atoms with E-state index >= 15 is 0 Å². The first-order valence-corrected chi connectivity index (χ1v) is 8.26. The van der Waals surface area contributed by atoms with E-state index in [-0.39, 0.29) is 30.7 Å². The van der Waals surface area contributed by atoms with Crippen LogP contribution in [-0.4, -0.2) is 30.5 Å². The first kappa shape index (κ1) is 22.7. The molecule has 8 heteroatoms. The molecule has 1 amide bonds. The molecule has 0 fully saturated rings. The number of aromatic nitrogens is 1. The Bertz CT molecular complexity index is 636. The van der Waals surface area contributed by atoms with Crippen LogP contribution in [-0.2, 0) is 6.54 Å². The van der Waals surface area contributed by atoms with E-state index in [0.717, 1.165) is 18.1 Å². The van der Waals surface area contributed by atoms with E-state index in [4.69, 9.17) is 5.73 Å². The average Bonchev–Trinajstić information content (AvgIpc) is 3.00. The van der Waals surface area contributed by atoms with Crippen LogP contribution in [0.5, 0.6) is 0 Å². The molecule has 2 rings (SSSR count). The second-order valence-corrected chi connectivity index (χ2v) is 5.95. The van der Waals surface area contributed by atoms with Gasteiger partial charge in [0.25, 0.3) is 5.91 Å². The van der Waals surface area contributed by atoms with Gasteiger partial charge in [-0.05, 0) is 31.5 Å². The van der Waals surface area contributed by atoms with Crippen LogP contribution in [0.4, 0.5) is 5.69 Å². The summed E-state index contributed by atoms with van der Waals surface area (Å²) in [4.78, 5) is 18.4. The van der Waals surface area contributed by atoms with Crippen LogP contribution >= 0.6 is 36.2 Å². The molecule has 0 saturated heterocycles. The average molecular weight is 391 g/mol. The maximum Gasteiger partial charge on any atom is 0.270 e. The second-order valence-electron chi connectivity index (χ2n) is 5.01. The zero-order chi connectivity index (χ0) is 15.9. The lowest BCUT2D eigenvalue weighted by Crippen LogP contribution is -2.35. The number of nitrogens with one attached hydrogen (secondary N) is 1. The van der Waals surface area contributed by atoms with Crippen molar-refractivity contribution >= 4 is 47.7 Å². The molecule has 2 aromatic rings. The molecule has 0 atom stereocenters. The highest BCUT2D eigenvalue weighted by Gasteiger charge is 2.10. The predicted molar refractivity (Wildman–Crippen MR) is 106 cm³/mol. The van der Waals surface area contributed by atoms with E-state index in [2.05, 4.69) is 53.3 Å². The molecule has 0 spiro atoms. The third-order valence-electron chi connectivity index (χ3n) is 3.37. The first-order chi connectivity index (χ1) is 10.6. The van der Waals surface area contributed by atoms with Crippen molar-refractivity contribution in [1.82, 2.24) is 10.3 Å². The Morgan fingerprint density at radius 2 is 2.12 bits per heavy atom. The standard InChI is InChI=1S/C16H22N4OS.2ClH/c1-3-20(13-6-4-5-12(2)9-13)8-7-18-16(21)14-11-22-15(10-17)19-14;;/h4-6,9,11H,3,7-8,10,17H2,1-2H3,(H,18,21);2*1H. The highest BCUT2D eigenvalue weighted by Crippen LogP contribution is 2.15. The molecule has 0 aliphatic carbocycles. The van der Waals surface area contributed by atoms with Crippen molar-refractivity contribution in [3.63, 3.8) is 0 Å². The number of carbonyl (C=O) groups is 1. The normalized spacial score (nSPS) is 9.62. The van der Waals surface area contributed by atoms with Gasteiger partial charge in [-0.25, -0.2) is 4.98 Å². The zero-order valence-corrected chi connectivity index (χ0v) is 16.3. The Balaban J connectivity index is 0.00000264. The fourth-order valence-corrected chi connectivity index (χ4v) is 2.85. The van der Waals surface area contributed by atoms with E-state index in [1.807, 2.05) is 0 Å². The highest BCUT2D eigenvalue weighted by molar-refractivity contribution is 7.09. The number of amides is 1. The molecule has 1 aromatic carbocycles. The Labute approximate surface area is 159 Å². The summed E-state index contributed by atoms with van der Waals surface area (Å²) in [6.45, 7) is 6.80. The number of hydrogen-bond donors (Lipinski definition) is 2. The van der Waals surface area contributed by atoms with E-state index in [1.54, 1.807) is 5.38 Å². The summed E-state index contributed by atoms with van der Waals surface area (Å²) in [6.07, 6.45) is 0.